The maximum atomic E-state index is 9.04. The SMILES string of the molecule is CC(C)c1ccc(-c2nc(Br)c(C#N)n2C)cc1. The van der Waals surface area contributed by atoms with Crippen molar-refractivity contribution in [3.8, 4) is 17.5 Å². The molecular formula is C14H14BrN3. The number of rotatable bonds is 2. The minimum Gasteiger partial charge on any atom is -0.318 e. The molecule has 0 aliphatic heterocycles. The van der Waals surface area contributed by atoms with Crippen molar-refractivity contribution in [1.82, 2.24) is 9.55 Å². The fourth-order valence-electron chi connectivity index (χ4n) is 1.86. The van der Waals surface area contributed by atoms with Crippen LogP contribution in [0.5, 0.6) is 0 Å². The maximum absolute atomic E-state index is 9.04. The normalized spacial score (nSPS) is 10.7. The molecule has 0 saturated carbocycles. The Kier molecular flexibility index (Phi) is 3.53. The van der Waals surface area contributed by atoms with Crippen LogP contribution in [-0.4, -0.2) is 9.55 Å². The second-order valence-electron chi connectivity index (χ2n) is 4.52. The van der Waals surface area contributed by atoms with E-state index in [-0.39, 0.29) is 0 Å². The summed E-state index contributed by atoms with van der Waals surface area (Å²) in [5.41, 5.74) is 2.86. The molecule has 1 aromatic carbocycles. The highest BCUT2D eigenvalue weighted by Gasteiger charge is 2.13. The first-order valence-electron chi connectivity index (χ1n) is 5.77. The average molecular weight is 304 g/mol. The molecule has 1 heterocycles. The van der Waals surface area contributed by atoms with Crippen LogP contribution in [0.15, 0.2) is 28.9 Å². The molecule has 0 aliphatic carbocycles. The molecule has 0 N–H and O–H groups in total. The van der Waals surface area contributed by atoms with Crippen LogP contribution in [0.25, 0.3) is 11.4 Å². The minimum atomic E-state index is 0.516. The molecule has 2 aromatic rings. The maximum Gasteiger partial charge on any atom is 0.154 e. The van der Waals surface area contributed by atoms with Crippen molar-refractivity contribution < 1.29 is 0 Å². The van der Waals surface area contributed by atoms with E-state index in [9.17, 15) is 0 Å². The molecule has 0 aliphatic rings. The van der Waals surface area contributed by atoms with Crippen LogP contribution < -0.4 is 0 Å². The molecule has 0 unspecified atom stereocenters. The molecule has 2 rings (SSSR count). The van der Waals surface area contributed by atoms with E-state index in [0.717, 1.165) is 11.4 Å². The quantitative estimate of drug-likeness (QED) is 0.845. The molecule has 1 aromatic heterocycles. The number of benzene rings is 1. The first-order valence-corrected chi connectivity index (χ1v) is 6.56. The van der Waals surface area contributed by atoms with Crippen molar-refractivity contribution in [2.75, 3.05) is 0 Å². The molecular weight excluding hydrogens is 290 g/mol. The molecule has 4 heteroatoms. The van der Waals surface area contributed by atoms with Gasteiger partial charge in [-0.25, -0.2) is 4.98 Å². The summed E-state index contributed by atoms with van der Waals surface area (Å²) in [5.74, 6) is 1.32. The topological polar surface area (TPSA) is 41.6 Å². The molecule has 0 radical (unpaired) electrons. The van der Waals surface area contributed by atoms with Gasteiger partial charge >= 0.3 is 0 Å². The summed E-state index contributed by atoms with van der Waals surface area (Å²) >= 11 is 3.31. The number of aromatic nitrogens is 2. The van der Waals surface area contributed by atoms with Crippen LogP contribution >= 0.6 is 15.9 Å². The van der Waals surface area contributed by atoms with Gasteiger partial charge < -0.3 is 4.57 Å². The van der Waals surface area contributed by atoms with Gasteiger partial charge in [-0.05, 0) is 27.4 Å². The zero-order valence-electron chi connectivity index (χ0n) is 10.6. The monoisotopic (exact) mass is 303 g/mol. The fraction of sp³-hybridized carbons (Fsp3) is 0.286. The van der Waals surface area contributed by atoms with E-state index >= 15 is 0 Å². The fourth-order valence-corrected chi connectivity index (χ4v) is 2.38. The van der Waals surface area contributed by atoms with Crippen LogP contribution in [0.4, 0.5) is 0 Å². The minimum absolute atomic E-state index is 0.516. The zero-order valence-corrected chi connectivity index (χ0v) is 12.2. The van der Waals surface area contributed by atoms with E-state index in [1.807, 2.05) is 19.2 Å². The van der Waals surface area contributed by atoms with Crippen LogP contribution in [0.2, 0.25) is 0 Å². The van der Waals surface area contributed by atoms with Crippen molar-refractivity contribution >= 4 is 15.9 Å². The van der Waals surface area contributed by atoms with Crippen molar-refractivity contribution in [3.05, 3.63) is 40.1 Å². The van der Waals surface area contributed by atoms with Gasteiger partial charge in [-0.2, -0.15) is 5.26 Å². The number of nitriles is 1. The molecule has 0 fully saturated rings. The van der Waals surface area contributed by atoms with Crippen LogP contribution in [0.1, 0.15) is 31.0 Å². The van der Waals surface area contributed by atoms with Gasteiger partial charge in [0.15, 0.2) is 5.69 Å². The second kappa shape index (κ2) is 4.95. The van der Waals surface area contributed by atoms with Crippen LogP contribution in [0.3, 0.4) is 0 Å². The Morgan fingerprint density at radius 3 is 2.33 bits per heavy atom. The average Bonchev–Trinajstić information content (AvgIpc) is 2.64. The van der Waals surface area contributed by atoms with Gasteiger partial charge in [0.2, 0.25) is 0 Å². The lowest BCUT2D eigenvalue weighted by Gasteiger charge is -2.07. The van der Waals surface area contributed by atoms with Crippen LogP contribution in [-0.2, 0) is 7.05 Å². The highest BCUT2D eigenvalue weighted by molar-refractivity contribution is 9.10. The lowest BCUT2D eigenvalue weighted by molar-refractivity contribution is 0.865. The Bertz CT molecular complexity index is 603. The van der Waals surface area contributed by atoms with E-state index in [4.69, 9.17) is 5.26 Å². The summed E-state index contributed by atoms with van der Waals surface area (Å²) in [6, 6.07) is 10.4. The molecule has 92 valence electrons. The van der Waals surface area contributed by atoms with Gasteiger partial charge in [-0.1, -0.05) is 38.1 Å². The second-order valence-corrected chi connectivity index (χ2v) is 5.27. The highest BCUT2D eigenvalue weighted by Crippen LogP contribution is 2.25. The highest BCUT2D eigenvalue weighted by atomic mass is 79.9. The Morgan fingerprint density at radius 2 is 1.89 bits per heavy atom. The Labute approximate surface area is 115 Å². The van der Waals surface area contributed by atoms with Gasteiger partial charge in [-0.15, -0.1) is 0 Å². The summed E-state index contributed by atoms with van der Waals surface area (Å²) < 4.78 is 2.39. The van der Waals surface area contributed by atoms with E-state index in [1.165, 1.54) is 5.56 Å². The number of imidazole rings is 1. The first-order chi connectivity index (χ1) is 8.54. The molecule has 0 saturated heterocycles. The van der Waals surface area contributed by atoms with Gasteiger partial charge in [0.1, 0.15) is 16.5 Å². The standard InChI is InChI=1S/C14H14BrN3/c1-9(2)10-4-6-11(7-5-10)14-17-13(15)12(8-16)18(14)3/h4-7,9H,1-3H3. The Balaban J connectivity index is 2.47. The summed E-state index contributed by atoms with van der Waals surface area (Å²) in [7, 11) is 1.85. The Hall–Kier alpha value is -1.60. The molecule has 18 heavy (non-hydrogen) atoms. The predicted molar refractivity (Wildman–Crippen MR) is 75.1 cm³/mol. The number of hydrogen-bond donors (Lipinski definition) is 0. The predicted octanol–water partition coefficient (Wildman–Crippen LogP) is 3.84. The van der Waals surface area contributed by atoms with E-state index < -0.39 is 0 Å². The zero-order chi connectivity index (χ0) is 13.3. The summed E-state index contributed by atoms with van der Waals surface area (Å²) in [5, 5.41) is 9.04. The largest absolute Gasteiger partial charge is 0.318 e. The van der Waals surface area contributed by atoms with Gasteiger partial charge in [0, 0.05) is 12.6 Å². The summed E-state index contributed by atoms with van der Waals surface area (Å²) in [6.45, 7) is 4.33. The number of nitrogens with zero attached hydrogens (tertiary/aromatic N) is 3. The molecule has 0 atom stereocenters. The van der Waals surface area contributed by atoms with Gasteiger partial charge in [0.25, 0.3) is 0 Å². The molecule has 0 bridgehead atoms. The molecule has 0 amide bonds. The lowest BCUT2D eigenvalue weighted by Crippen LogP contribution is -1.96. The third-order valence-corrected chi connectivity index (χ3v) is 3.55. The van der Waals surface area contributed by atoms with E-state index in [2.05, 4.69) is 53.0 Å². The van der Waals surface area contributed by atoms with Gasteiger partial charge in [-0.3, -0.25) is 0 Å². The van der Waals surface area contributed by atoms with Crippen molar-refractivity contribution in [1.29, 1.82) is 5.26 Å². The van der Waals surface area contributed by atoms with E-state index in [0.29, 0.717) is 16.2 Å². The van der Waals surface area contributed by atoms with Crippen molar-refractivity contribution in [2.24, 2.45) is 7.05 Å². The first kappa shape index (κ1) is 12.8. The van der Waals surface area contributed by atoms with Crippen molar-refractivity contribution in [2.45, 2.75) is 19.8 Å². The van der Waals surface area contributed by atoms with E-state index in [1.54, 1.807) is 4.57 Å². The third-order valence-electron chi connectivity index (χ3n) is 2.99. The third kappa shape index (κ3) is 2.19. The summed E-state index contributed by atoms with van der Waals surface area (Å²) in [6.07, 6.45) is 0. The van der Waals surface area contributed by atoms with Gasteiger partial charge in [0.05, 0.1) is 0 Å². The molecule has 0 spiro atoms. The summed E-state index contributed by atoms with van der Waals surface area (Å²) in [4.78, 5) is 4.38. The Morgan fingerprint density at radius 1 is 1.28 bits per heavy atom. The lowest BCUT2D eigenvalue weighted by atomic mass is 10.0. The van der Waals surface area contributed by atoms with Crippen molar-refractivity contribution in [3.63, 3.8) is 0 Å². The molecule has 3 nitrogen and oxygen atoms in total. The number of hydrogen-bond acceptors (Lipinski definition) is 2. The number of halogens is 1. The van der Waals surface area contributed by atoms with Crippen LogP contribution in [0, 0.1) is 11.3 Å². The smallest absolute Gasteiger partial charge is 0.154 e.